The summed E-state index contributed by atoms with van der Waals surface area (Å²) >= 11 is 0. The normalized spacial score (nSPS) is 21.0. The van der Waals surface area contributed by atoms with Gasteiger partial charge in [-0.15, -0.1) is 0 Å². The van der Waals surface area contributed by atoms with Gasteiger partial charge in [0.05, 0.1) is 23.9 Å². The lowest BCUT2D eigenvalue weighted by molar-refractivity contribution is -0.0828. The van der Waals surface area contributed by atoms with Gasteiger partial charge in [0, 0.05) is 39.6 Å². The first kappa shape index (κ1) is 25.6. The number of carbonyl (C=O) groups excluding carboxylic acids is 1. The number of pyridine rings is 1. The summed E-state index contributed by atoms with van der Waals surface area (Å²) in [5.41, 5.74) is 0.549. The second-order valence-corrected chi connectivity index (χ2v) is 9.54. The van der Waals surface area contributed by atoms with E-state index >= 15 is 0 Å². The Bertz CT molecular complexity index is 1300. The summed E-state index contributed by atoms with van der Waals surface area (Å²) in [5, 5.41) is 13.6. The van der Waals surface area contributed by atoms with Gasteiger partial charge in [0.15, 0.2) is 5.65 Å². The van der Waals surface area contributed by atoms with E-state index in [-0.39, 0.29) is 35.3 Å². The molecule has 3 heterocycles. The zero-order chi connectivity index (χ0) is 26.0. The number of amides is 1. The van der Waals surface area contributed by atoms with Gasteiger partial charge in [-0.25, -0.2) is 4.98 Å². The molecule has 11 nitrogen and oxygen atoms in total. The Balaban J connectivity index is 1.63. The maximum Gasteiger partial charge on any atom is 0.274 e. The third-order valence-electron chi connectivity index (χ3n) is 7.20. The predicted molar refractivity (Wildman–Crippen MR) is 138 cm³/mol. The number of hydrogen-bond donors (Lipinski definition) is 3. The molecule has 36 heavy (non-hydrogen) atoms. The summed E-state index contributed by atoms with van der Waals surface area (Å²) < 4.78 is 14.2. The van der Waals surface area contributed by atoms with Crippen molar-refractivity contribution in [3.63, 3.8) is 0 Å². The number of aromatic nitrogens is 4. The Morgan fingerprint density at radius 3 is 2.75 bits per heavy atom. The van der Waals surface area contributed by atoms with Crippen LogP contribution in [0.25, 0.3) is 5.65 Å². The number of methoxy groups -OCH3 is 2. The highest BCUT2D eigenvalue weighted by Crippen LogP contribution is 2.35. The van der Waals surface area contributed by atoms with Crippen molar-refractivity contribution in [1.82, 2.24) is 24.5 Å². The van der Waals surface area contributed by atoms with Crippen molar-refractivity contribution in [3.8, 4) is 0 Å². The van der Waals surface area contributed by atoms with Gasteiger partial charge in [-0.1, -0.05) is 0 Å². The summed E-state index contributed by atoms with van der Waals surface area (Å²) in [6.45, 7) is 5.94. The van der Waals surface area contributed by atoms with Crippen molar-refractivity contribution in [3.05, 3.63) is 46.5 Å². The van der Waals surface area contributed by atoms with Gasteiger partial charge in [0.1, 0.15) is 22.9 Å². The van der Waals surface area contributed by atoms with Crippen LogP contribution in [0.1, 0.15) is 56.4 Å². The lowest BCUT2D eigenvalue weighted by atomic mass is 9.76. The first-order valence-corrected chi connectivity index (χ1v) is 12.1. The van der Waals surface area contributed by atoms with Crippen LogP contribution in [0.5, 0.6) is 0 Å². The lowest BCUT2D eigenvalue weighted by Crippen LogP contribution is -2.59. The number of fused-ring (bicyclic) bond motifs is 1. The quantitative estimate of drug-likeness (QED) is 0.391. The summed E-state index contributed by atoms with van der Waals surface area (Å²) in [6.07, 6.45) is 5.73. The van der Waals surface area contributed by atoms with Crippen LogP contribution in [-0.4, -0.2) is 64.1 Å². The Morgan fingerprint density at radius 1 is 1.33 bits per heavy atom. The fraction of sp³-hybridized carbons (Fsp3) is 0.520. The van der Waals surface area contributed by atoms with E-state index in [2.05, 4.69) is 26.0 Å². The minimum Gasteiger partial charge on any atom is -0.382 e. The summed E-state index contributed by atoms with van der Waals surface area (Å²) in [7, 11) is 5.07. The molecule has 0 bridgehead atoms. The molecule has 3 N–H and O–H groups in total. The van der Waals surface area contributed by atoms with Crippen LogP contribution in [0.15, 0.2) is 35.4 Å². The fourth-order valence-corrected chi connectivity index (χ4v) is 4.55. The maximum atomic E-state index is 13.2. The molecule has 0 spiro atoms. The minimum absolute atomic E-state index is 0.0268. The van der Waals surface area contributed by atoms with Gasteiger partial charge >= 0.3 is 0 Å². The van der Waals surface area contributed by atoms with Crippen molar-refractivity contribution >= 4 is 28.9 Å². The van der Waals surface area contributed by atoms with E-state index in [9.17, 15) is 9.59 Å². The number of carbonyl (C=O) groups is 1. The molecule has 1 saturated carbocycles. The molecule has 0 aliphatic heterocycles. The monoisotopic (exact) mass is 497 g/mol. The van der Waals surface area contributed by atoms with Gasteiger partial charge in [-0.3, -0.25) is 9.59 Å². The summed E-state index contributed by atoms with van der Waals surface area (Å²) in [4.78, 5) is 31.0. The van der Waals surface area contributed by atoms with Gasteiger partial charge in [-0.2, -0.15) is 9.61 Å². The van der Waals surface area contributed by atoms with Gasteiger partial charge in [0.2, 0.25) is 0 Å². The molecule has 4 rings (SSSR count). The van der Waals surface area contributed by atoms with E-state index in [4.69, 9.17) is 9.47 Å². The third kappa shape index (κ3) is 4.80. The van der Waals surface area contributed by atoms with Gasteiger partial charge in [0.25, 0.3) is 11.5 Å². The van der Waals surface area contributed by atoms with Crippen LogP contribution in [0.3, 0.4) is 0 Å². The number of nitrogens with zero attached hydrogens (tertiary/aromatic N) is 4. The van der Waals surface area contributed by atoms with Crippen LogP contribution < -0.4 is 21.5 Å². The SMILES string of the molecule is CNc1cc(Nc2cccn([C@@H](C)C[C@@H](C)OC)c2=O)nc2c(C(=O)NC3CC[C@@]3(C)OC)cnn12. The van der Waals surface area contributed by atoms with Gasteiger partial charge < -0.3 is 30.0 Å². The molecule has 3 aromatic heterocycles. The molecular formula is C25H35N7O4. The average molecular weight is 498 g/mol. The van der Waals surface area contributed by atoms with Gasteiger partial charge in [-0.05, 0) is 52.2 Å². The summed E-state index contributed by atoms with van der Waals surface area (Å²) in [5.74, 6) is 0.762. The Kier molecular flexibility index (Phi) is 7.32. The Hall–Kier alpha value is -3.44. The predicted octanol–water partition coefficient (Wildman–Crippen LogP) is 2.96. The van der Waals surface area contributed by atoms with Crippen molar-refractivity contribution in [2.75, 3.05) is 31.9 Å². The third-order valence-corrected chi connectivity index (χ3v) is 7.20. The standard InChI is InChI=1S/C25H35N7O4/c1-15(12-16(2)35-5)31-11-7-8-18(24(31)34)28-20-13-21(26-4)32-22(30-20)17(14-27-32)23(33)29-19-9-10-25(19,3)36-6/h7-8,11,13-16,19,26H,9-10,12H2,1-6H3,(H,28,30)(H,29,33)/t15-,16+,19?,25+/m0/s1. The number of nitrogens with one attached hydrogen (secondary N) is 3. The van der Waals surface area contributed by atoms with E-state index in [0.717, 1.165) is 12.8 Å². The summed E-state index contributed by atoms with van der Waals surface area (Å²) in [6, 6.07) is 5.14. The molecular weight excluding hydrogens is 462 g/mol. The molecule has 4 atom stereocenters. The number of rotatable bonds is 10. The van der Waals surface area contributed by atoms with E-state index in [1.807, 2.05) is 26.8 Å². The highest BCUT2D eigenvalue weighted by Gasteiger charge is 2.44. The molecule has 0 radical (unpaired) electrons. The molecule has 1 aliphatic rings. The highest BCUT2D eigenvalue weighted by molar-refractivity contribution is 6.00. The maximum absolute atomic E-state index is 13.2. The van der Waals surface area contributed by atoms with Crippen LogP contribution >= 0.6 is 0 Å². The average Bonchev–Trinajstić information content (AvgIpc) is 3.30. The van der Waals surface area contributed by atoms with Crippen LogP contribution in [0.4, 0.5) is 17.3 Å². The first-order valence-electron chi connectivity index (χ1n) is 12.1. The van der Waals surface area contributed by atoms with Crippen LogP contribution in [0.2, 0.25) is 0 Å². The van der Waals surface area contributed by atoms with Crippen LogP contribution in [-0.2, 0) is 9.47 Å². The zero-order valence-corrected chi connectivity index (χ0v) is 21.7. The number of hydrogen-bond acceptors (Lipinski definition) is 8. The van der Waals surface area contributed by atoms with E-state index in [1.54, 1.807) is 48.7 Å². The molecule has 1 amide bonds. The van der Waals surface area contributed by atoms with E-state index in [0.29, 0.717) is 35.0 Å². The largest absolute Gasteiger partial charge is 0.382 e. The van der Waals surface area contributed by atoms with Crippen molar-refractivity contribution in [2.45, 2.75) is 63.8 Å². The molecule has 1 aliphatic carbocycles. The molecule has 0 aromatic carbocycles. The molecule has 0 saturated heterocycles. The second kappa shape index (κ2) is 10.3. The molecule has 1 unspecified atom stereocenters. The van der Waals surface area contributed by atoms with Crippen molar-refractivity contribution in [2.24, 2.45) is 0 Å². The molecule has 11 heteroatoms. The zero-order valence-electron chi connectivity index (χ0n) is 21.7. The lowest BCUT2D eigenvalue weighted by Gasteiger charge is -2.45. The van der Waals surface area contributed by atoms with E-state index in [1.165, 1.54) is 6.20 Å². The smallest absolute Gasteiger partial charge is 0.274 e. The first-order chi connectivity index (χ1) is 17.2. The molecule has 194 valence electrons. The number of anilines is 3. The topological polar surface area (TPSA) is 124 Å². The minimum atomic E-state index is -0.375. The molecule has 1 fully saturated rings. The van der Waals surface area contributed by atoms with Crippen LogP contribution in [0, 0.1) is 0 Å². The number of ether oxygens (including phenoxy) is 2. The highest BCUT2D eigenvalue weighted by atomic mass is 16.5. The fourth-order valence-electron chi connectivity index (χ4n) is 4.55. The van der Waals surface area contributed by atoms with Crippen molar-refractivity contribution < 1.29 is 14.3 Å². The van der Waals surface area contributed by atoms with Crippen molar-refractivity contribution in [1.29, 1.82) is 0 Å². The Morgan fingerprint density at radius 2 is 2.11 bits per heavy atom. The molecule has 3 aromatic rings. The van der Waals surface area contributed by atoms with E-state index < -0.39 is 0 Å². The Labute approximate surface area is 210 Å². The second-order valence-electron chi connectivity index (χ2n) is 9.54.